The Balaban J connectivity index is 1.66. The molecule has 0 unspecified atom stereocenters. The molecule has 1 aliphatic rings. The number of benzene rings is 1. The Bertz CT molecular complexity index is 652. The van der Waals surface area contributed by atoms with E-state index in [0.717, 1.165) is 30.4 Å². The number of rotatable bonds is 3. The molecule has 5 heteroatoms. The van der Waals surface area contributed by atoms with Gasteiger partial charge in [0, 0.05) is 24.9 Å². The molecule has 0 radical (unpaired) electrons. The molecule has 3 rings (SSSR count). The Morgan fingerprint density at radius 3 is 3.14 bits per heavy atom. The lowest BCUT2D eigenvalue weighted by Crippen LogP contribution is -2.39. The van der Waals surface area contributed by atoms with Crippen LogP contribution in [0.2, 0.25) is 5.02 Å². The summed E-state index contributed by atoms with van der Waals surface area (Å²) in [6.07, 6.45) is 4.61. The van der Waals surface area contributed by atoms with E-state index in [2.05, 4.69) is 12.0 Å². The van der Waals surface area contributed by atoms with E-state index >= 15 is 0 Å². The van der Waals surface area contributed by atoms with Gasteiger partial charge in [-0.1, -0.05) is 24.6 Å². The highest BCUT2D eigenvalue weighted by Gasteiger charge is 2.20. The first-order valence-corrected chi connectivity index (χ1v) is 7.91. The van der Waals surface area contributed by atoms with Gasteiger partial charge >= 0.3 is 0 Å². The normalized spacial score (nSPS) is 19.1. The van der Waals surface area contributed by atoms with E-state index in [0.29, 0.717) is 23.9 Å². The molecule has 1 fully saturated rings. The fourth-order valence-electron chi connectivity index (χ4n) is 3.02. The molecule has 0 bridgehead atoms. The lowest BCUT2D eigenvalue weighted by atomic mass is 10.00. The van der Waals surface area contributed by atoms with Crippen LogP contribution in [-0.2, 0) is 11.3 Å². The zero-order valence-electron chi connectivity index (χ0n) is 12.3. The molecule has 2 aromatic rings. The average molecular weight is 306 g/mol. The number of aromatic nitrogens is 2. The minimum absolute atomic E-state index is 0.229. The quantitative estimate of drug-likeness (QED) is 0.872. The number of carbonyl (C=O) groups excluding carboxylic acids is 1. The molecule has 1 aliphatic heterocycles. The van der Waals surface area contributed by atoms with Crippen molar-refractivity contribution in [3.63, 3.8) is 0 Å². The first kappa shape index (κ1) is 14.4. The second-order valence-corrected chi connectivity index (χ2v) is 6.28. The van der Waals surface area contributed by atoms with Crippen molar-refractivity contribution in [2.75, 3.05) is 13.1 Å². The maximum Gasteiger partial charge on any atom is 0.224 e. The van der Waals surface area contributed by atoms with Crippen LogP contribution in [0, 0.1) is 5.92 Å². The summed E-state index contributed by atoms with van der Waals surface area (Å²) >= 11 is 6.14. The number of halogens is 1. The van der Waals surface area contributed by atoms with Crippen LogP contribution in [0.25, 0.3) is 10.9 Å². The number of fused-ring (bicyclic) bond motifs is 1. The van der Waals surface area contributed by atoms with Crippen LogP contribution in [0.3, 0.4) is 0 Å². The Morgan fingerprint density at radius 2 is 2.33 bits per heavy atom. The maximum atomic E-state index is 12.3. The van der Waals surface area contributed by atoms with Gasteiger partial charge in [0.15, 0.2) is 0 Å². The van der Waals surface area contributed by atoms with E-state index in [1.165, 1.54) is 6.42 Å². The number of hydrogen-bond donors (Lipinski definition) is 0. The van der Waals surface area contributed by atoms with Crippen LogP contribution >= 0.6 is 11.6 Å². The minimum atomic E-state index is 0.229. The van der Waals surface area contributed by atoms with Crippen LogP contribution in [0.1, 0.15) is 26.2 Å². The van der Waals surface area contributed by atoms with Gasteiger partial charge in [0.05, 0.1) is 23.3 Å². The molecule has 112 valence electrons. The molecule has 1 atom stereocenters. The second-order valence-electron chi connectivity index (χ2n) is 5.88. The van der Waals surface area contributed by atoms with Crippen molar-refractivity contribution in [2.45, 2.75) is 32.7 Å². The van der Waals surface area contributed by atoms with Crippen LogP contribution < -0.4 is 0 Å². The number of aryl methyl sites for hydroxylation is 1. The predicted molar refractivity (Wildman–Crippen MR) is 84.3 cm³/mol. The summed E-state index contributed by atoms with van der Waals surface area (Å²) in [5, 5.41) is 6.00. The third kappa shape index (κ3) is 3.05. The first-order chi connectivity index (χ1) is 10.1. The SMILES string of the molecule is C[C@@H]1CCCN(C(=O)CCn2ncc3c(Cl)cccc32)C1. The zero-order valence-corrected chi connectivity index (χ0v) is 13.0. The topological polar surface area (TPSA) is 38.1 Å². The molecule has 21 heavy (non-hydrogen) atoms. The molecule has 0 aliphatic carbocycles. The van der Waals surface area contributed by atoms with Gasteiger partial charge < -0.3 is 4.90 Å². The monoisotopic (exact) mass is 305 g/mol. The standard InChI is InChI=1S/C16H20ClN3O/c1-12-4-3-8-19(11-12)16(21)7-9-20-15-6-2-5-14(17)13(15)10-18-20/h2,5-6,10,12H,3-4,7-9,11H2,1H3/t12-/m1/s1. The Labute approximate surface area is 129 Å². The van der Waals surface area contributed by atoms with Crippen LogP contribution in [0.5, 0.6) is 0 Å². The number of piperidine rings is 1. The molecule has 4 nitrogen and oxygen atoms in total. The molecule has 0 spiro atoms. The summed E-state index contributed by atoms with van der Waals surface area (Å²) in [5.74, 6) is 0.847. The smallest absolute Gasteiger partial charge is 0.224 e. The van der Waals surface area contributed by atoms with Gasteiger partial charge in [-0.05, 0) is 30.9 Å². The first-order valence-electron chi connectivity index (χ1n) is 7.53. The summed E-state index contributed by atoms with van der Waals surface area (Å²) in [5.41, 5.74) is 0.988. The highest BCUT2D eigenvalue weighted by molar-refractivity contribution is 6.35. The highest BCUT2D eigenvalue weighted by Crippen LogP contribution is 2.23. The van der Waals surface area contributed by atoms with Crippen molar-refractivity contribution in [1.29, 1.82) is 0 Å². The van der Waals surface area contributed by atoms with Crippen molar-refractivity contribution in [3.05, 3.63) is 29.4 Å². The van der Waals surface area contributed by atoms with Gasteiger partial charge in [-0.3, -0.25) is 9.48 Å². The van der Waals surface area contributed by atoms with Crippen LogP contribution in [-0.4, -0.2) is 33.7 Å². The van der Waals surface area contributed by atoms with E-state index < -0.39 is 0 Å². The summed E-state index contributed by atoms with van der Waals surface area (Å²) in [4.78, 5) is 14.3. The maximum absolute atomic E-state index is 12.3. The Morgan fingerprint density at radius 1 is 1.48 bits per heavy atom. The van der Waals surface area contributed by atoms with Gasteiger partial charge in [0.25, 0.3) is 0 Å². The molecule has 0 saturated carbocycles. The van der Waals surface area contributed by atoms with Crippen molar-refractivity contribution in [1.82, 2.24) is 14.7 Å². The van der Waals surface area contributed by atoms with Crippen molar-refractivity contribution < 1.29 is 4.79 Å². The molecule has 1 aromatic heterocycles. The summed E-state index contributed by atoms with van der Waals surface area (Å²) in [6, 6.07) is 5.76. The molecular formula is C16H20ClN3O. The molecule has 0 N–H and O–H groups in total. The van der Waals surface area contributed by atoms with E-state index in [-0.39, 0.29) is 5.91 Å². The largest absolute Gasteiger partial charge is 0.342 e. The second kappa shape index (κ2) is 6.06. The minimum Gasteiger partial charge on any atom is -0.342 e. The van der Waals surface area contributed by atoms with E-state index in [4.69, 9.17) is 11.6 Å². The molecule has 2 heterocycles. The lowest BCUT2D eigenvalue weighted by molar-refractivity contribution is -0.133. The van der Waals surface area contributed by atoms with Crippen molar-refractivity contribution >= 4 is 28.4 Å². The zero-order chi connectivity index (χ0) is 14.8. The van der Waals surface area contributed by atoms with E-state index in [1.54, 1.807) is 6.20 Å². The predicted octanol–water partition coefficient (Wildman–Crippen LogP) is 3.34. The number of nitrogens with zero attached hydrogens (tertiary/aromatic N) is 3. The molecule has 1 amide bonds. The third-order valence-corrected chi connectivity index (χ3v) is 4.51. The molecule has 1 saturated heterocycles. The van der Waals surface area contributed by atoms with Gasteiger partial charge in [-0.15, -0.1) is 0 Å². The van der Waals surface area contributed by atoms with Gasteiger partial charge in [0.1, 0.15) is 0 Å². The molecule has 1 aromatic carbocycles. The van der Waals surface area contributed by atoms with E-state index in [1.807, 2.05) is 27.8 Å². The summed E-state index contributed by atoms with van der Waals surface area (Å²) in [7, 11) is 0. The van der Waals surface area contributed by atoms with Crippen LogP contribution in [0.15, 0.2) is 24.4 Å². The van der Waals surface area contributed by atoms with Crippen molar-refractivity contribution in [2.24, 2.45) is 5.92 Å². The number of carbonyl (C=O) groups is 1. The highest BCUT2D eigenvalue weighted by atomic mass is 35.5. The Kier molecular flexibility index (Phi) is 4.15. The Hall–Kier alpha value is -1.55. The third-order valence-electron chi connectivity index (χ3n) is 4.18. The van der Waals surface area contributed by atoms with Gasteiger partial charge in [0.2, 0.25) is 5.91 Å². The van der Waals surface area contributed by atoms with Crippen LogP contribution in [0.4, 0.5) is 0 Å². The number of hydrogen-bond acceptors (Lipinski definition) is 2. The number of amides is 1. The summed E-state index contributed by atoms with van der Waals surface area (Å²) < 4.78 is 1.87. The van der Waals surface area contributed by atoms with E-state index in [9.17, 15) is 4.79 Å². The fourth-order valence-corrected chi connectivity index (χ4v) is 3.24. The summed E-state index contributed by atoms with van der Waals surface area (Å²) in [6.45, 7) is 4.61. The lowest BCUT2D eigenvalue weighted by Gasteiger charge is -2.31. The average Bonchev–Trinajstić information content (AvgIpc) is 2.89. The molecular weight excluding hydrogens is 286 g/mol. The van der Waals surface area contributed by atoms with Gasteiger partial charge in [-0.25, -0.2) is 0 Å². The van der Waals surface area contributed by atoms with Crippen molar-refractivity contribution in [3.8, 4) is 0 Å². The fraction of sp³-hybridized carbons (Fsp3) is 0.500. The van der Waals surface area contributed by atoms with Gasteiger partial charge in [-0.2, -0.15) is 5.10 Å². The number of likely N-dealkylation sites (tertiary alicyclic amines) is 1.